The molecule has 1 atom stereocenters. The van der Waals surface area contributed by atoms with Crippen molar-refractivity contribution in [2.75, 3.05) is 12.4 Å². The van der Waals surface area contributed by atoms with Gasteiger partial charge in [0.05, 0.1) is 32.5 Å². The molecule has 1 amide bonds. The number of hydrogen-bond acceptors (Lipinski definition) is 6. The van der Waals surface area contributed by atoms with Crippen molar-refractivity contribution in [3.05, 3.63) is 152 Å². The number of thiazole rings is 1. The molecule has 1 N–H and O–H groups in total. The molecule has 4 aromatic carbocycles. The molecule has 0 aliphatic carbocycles. The van der Waals surface area contributed by atoms with Gasteiger partial charge < -0.3 is 14.8 Å². The molecule has 5 aromatic rings. The number of carbonyl (C=O) groups excluding carboxylic acids is 1. The van der Waals surface area contributed by atoms with E-state index in [0.29, 0.717) is 47.8 Å². The Labute approximate surface area is 292 Å². The van der Waals surface area contributed by atoms with Crippen LogP contribution in [0.5, 0.6) is 11.5 Å². The SMILES string of the molecule is COc1cc(/C=c2/sc3n(c2=O)C(c2ccc(Cl)cc2)C(C(=O)Nc2ccccc2)=C(C)N=3)cc(I)c1OCc1ccccc1Cl. The molecule has 7 nitrogen and oxygen atoms in total. The first kappa shape index (κ1) is 32.1. The average Bonchev–Trinajstić information content (AvgIpc) is 3.34. The first-order valence-corrected chi connectivity index (χ1v) is 16.8. The van der Waals surface area contributed by atoms with Gasteiger partial charge in [0.2, 0.25) is 0 Å². The predicted molar refractivity (Wildman–Crippen MR) is 192 cm³/mol. The van der Waals surface area contributed by atoms with Crippen molar-refractivity contribution in [3.63, 3.8) is 0 Å². The predicted octanol–water partition coefficient (Wildman–Crippen LogP) is 7.37. The number of fused-ring (bicyclic) bond motifs is 1. The third kappa shape index (κ3) is 6.64. The van der Waals surface area contributed by atoms with E-state index in [-0.39, 0.29) is 18.1 Å². The normalized spacial score (nSPS) is 14.5. The van der Waals surface area contributed by atoms with Crippen LogP contribution in [0.15, 0.2) is 112 Å². The number of benzene rings is 4. The number of halogens is 3. The van der Waals surface area contributed by atoms with Gasteiger partial charge in [-0.3, -0.25) is 14.2 Å². The smallest absolute Gasteiger partial charge is 0.271 e. The molecule has 6 rings (SSSR count). The molecule has 0 bridgehead atoms. The van der Waals surface area contributed by atoms with Gasteiger partial charge in [0.15, 0.2) is 16.3 Å². The van der Waals surface area contributed by atoms with Crippen LogP contribution in [0.4, 0.5) is 5.69 Å². The van der Waals surface area contributed by atoms with E-state index in [2.05, 4.69) is 27.9 Å². The molecule has 0 fully saturated rings. The van der Waals surface area contributed by atoms with Gasteiger partial charge in [-0.15, -0.1) is 0 Å². The minimum absolute atomic E-state index is 0.269. The number of rotatable bonds is 8. The van der Waals surface area contributed by atoms with Crippen molar-refractivity contribution in [1.29, 1.82) is 0 Å². The monoisotopic (exact) mass is 781 g/mol. The van der Waals surface area contributed by atoms with Crippen molar-refractivity contribution in [2.24, 2.45) is 4.99 Å². The molecular formula is C35H26Cl2IN3O4S. The summed E-state index contributed by atoms with van der Waals surface area (Å²) in [5.41, 5.74) is 3.61. The van der Waals surface area contributed by atoms with Crippen LogP contribution in [0.25, 0.3) is 6.08 Å². The standard InChI is InChI=1S/C35H26Cl2IN3O4S/c1-20-30(33(42)40-25-9-4-3-5-10-25)31(22-12-14-24(36)15-13-22)41-34(43)29(46-35(41)39-20)18-21-16-27(38)32(28(17-21)44-2)45-19-23-8-6-7-11-26(23)37/h3-18,31H,19H2,1-2H3,(H,40,42)/b29-18+. The van der Waals surface area contributed by atoms with E-state index < -0.39 is 6.04 Å². The summed E-state index contributed by atoms with van der Waals surface area (Å²) in [4.78, 5) is 33.1. The van der Waals surface area contributed by atoms with Gasteiger partial charge in [-0.2, -0.15) is 0 Å². The topological polar surface area (TPSA) is 81.9 Å². The fourth-order valence-electron chi connectivity index (χ4n) is 5.17. The third-order valence-electron chi connectivity index (χ3n) is 7.36. The maximum atomic E-state index is 14.1. The summed E-state index contributed by atoms with van der Waals surface area (Å²) in [5.74, 6) is 0.759. The van der Waals surface area contributed by atoms with E-state index in [1.165, 1.54) is 11.3 Å². The molecule has 1 aliphatic heterocycles. The van der Waals surface area contributed by atoms with Crippen LogP contribution in [0.1, 0.15) is 29.7 Å². The number of ether oxygens (including phenoxy) is 2. The Hall–Kier alpha value is -3.90. The van der Waals surface area contributed by atoms with Crippen molar-refractivity contribution in [3.8, 4) is 11.5 Å². The molecule has 46 heavy (non-hydrogen) atoms. The van der Waals surface area contributed by atoms with Crippen molar-refractivity contribution < 1.29 is 14.3 Å². The highest BCUT2D eigenvalue weighted by Crippen LogP contribution is 2.36. The van der Waals surface area contributed by atoms with Gasteiger partial charge in [-0.05, 0) is 89.2 Å². The van der Waals surface area contributed by atoms with Crippen LogP contribution in [-0.2, 0) is 11.4 Å². The maximum absolute atomic E-state index is 14.1. The number of nitrogens with zero attached hydrogens (tertiary/aromatic N) is 2. The summed E-state index contributed by atoms with van der Waals surface area (Å²) in [6.07, 6.45) is 1.80. The number of hydrogen-bond donors (Lipinski definition) is 1. The lowest BCUT2D eigenvalue weighted by Gasteiger charge is -2.25. The minimum Gasteiger partial charge on any atom is -0.493 e. The zero-order chi connectivity index (χ0) is 32.4. The lowest BCUT2D eigenvalue weighted by molar-refractivity contribution is -0.113. The van der Waals surface area contributed by atoms with E-state index in [1.54, 1.807) is 36.8 Å². The van der Waals surface area contributed by atoms with Gasteiger partial charge in [-0.1, -0.05) is 83.1 Å². The summed E-state index contributed by atoms with van der Waals surface area (Å²) >= 11 is 16.0. The Morgan fingerprint density at radius 2 is 1.76 bits per heavy atom. The molecule has 0 saturated carbocycles. The van der Waals surface area contributed by atoms with Crippen LogP contribution >= 0.6 is 57.1 Å². The number of anilines is 1. The average molecular weight is 782 g/mol. The quantitative estimate of drug-likeness (QED) is 0.167. The highest BCUT2D eigenvalue weighted by molar-refractivity contribution is 14.1. The van der Waals surface area contributed by atoms with E-state index in [9.17, 15) is 9.59 Å². The molecule has 0 spiro atoms. The first-order chi connectivity index (χ1) is 22.2. The Morgan fingerprint density at radius 1 is 1.04 bits per heavy atom. The molecule has 232 valence electrons. The Balaban J connectivity index is 1.40. The van der Waals surface area contributed by atoms with E-state index in [0.717, 1.165) is 20.3 Å². The second-order valence-electron chi connectivity index (χ2n) is 10.4. The maximum Gasteiger partial charge on any atom is 0.271 e. The van der Waals surface area contributed by atoms with Crippen molar-refractivity contribution in [1.82, 2.24) is 4.57 Å². The van der Waals surface area contributed by atoms with Gasteiger partial charge in [0.25, 0.3) is 11.5 Å². The number of allylic oxidation sites excluding steroid dienone is 1. The zero-order valence-electron chi connectivity index (χ0n) is 24.6. The van der Waals surface area contributed by atoms with Crippen molar-refractivity contribution >= 4 is 74.8 Å². The van der Waals surface area contributed by atoms with Crippen LogP contribution in [-0.4, -0.2) is 17.6 Å². The second-order valence-corrected chi connectivity index (χ2v) is 13.4. The van der Waals surface area contributed by atoms with E-state index in [1.807, 2.05) is 78.9 Å². The Morgan fingerprint density at radius 3 is 2.48 bits per heavy atom. The highest BCUT2D eigenvalue weighted by Gasteiger charge is 2.32. The number of aromatic nitrogens is 1. The van der Waals surface area contributed by atoms with Gasteiger partial charge >= 0.3 is 0 Å². The molecule has 0 saturated heterocycles. The number of para-hydroxylation sites is 1. The fourth-order valence-corrected chi connectivity index (χ4v) is 7.32. The van der Waals surface area contributed by atoms with Crippen LogP contribution in [0, 0.1) is 3.57 Å². The molecule has 0 radical (unpaired) electrons. The summed E-state index contributed by atoms with van der Waals surface area (Å²) in [6.45, 7) is 2.06. The number of methoxy groups -OCH3 is 1. The van der Waals surface area contributed by atoms with Gasteiger partial charge in [0, 0.05) is 21.3 Å². The Bertz CT molecular complexity index is 2160. The molecule has 1 unspecified atom stereocenters. The second kappa shape index (κ2) is 13.8. The summed E-state index contributed by atoms with van der Waals surface area (Å²) in [5, 5.41) is 4.13. The Kier molecular flexibility index (Phi) is 9.65. The van der Waals surface area contributed by atoms with E-state index in [4.69, 9.17) is 37.7 Å². The van der Waals surface area contributed by atoms with Crippen LogP contribution < -0.4 is 29.7 Å². The number of nitrogens with one attached hydrogen (secondary N) is 1. The van der Waals surface area contributed by atoms with Crippen LogP contribution in [0.3, 0.4) is 0 Å². The lowest BCUT2D eigenvalue weighted by atomic mass is 9.95. The largest absolute Gasteiger partial charge is 0.493 e. The number of carbonyl (C=O) groups is 1. The van der Waals surface area contributed by atoms with Gasteiger partial charge in [0.1, 0.15) is 6.61 Å². The summed E-state index contributed by atoms with van der Waals surface area (Å²) < 4.78 is 14.6. The van der Waals surface area contributed by atoms with Gasteiger partial charge in [-0.25, -0.2) is 4.99 Å². The minimum atomic E-state index is -0.713. The fraction of sp³-hybridized carbons (Fsp3) is 0.114. The highest BCUT2D eigenvalue weighted by atomic mass is 127. The zero-order valence-corrected chi connectivity index (χ0v) is 29.1. The molecule has 1 aliphatic rings. The molecular weight excluding hydrogens is 756 g/mol. The molecule has 1 aromatic heterocycles. The lowest BCUT2D eigenvalue weighted by Crippen LogP contribution is -2.40. The summed E-state index contributed by atoms with van der Waals surface area (Å²) in [7, 11) is 1.57. The summed E-state index contributed by atoms with van der Waals surface area (Å²) in [6, 6.07) is 26.9. The van der Waals surface area contributed by atoms with E-state index >= 15 is 0 Å². The first-order valence-electron chi connectivity index (χ1n) is 14.1. The van der Waals surface area contributed by atoms with Crippen molar-refractivity contribution in [2.45, 2.75) is 19.6 Å². The number of amides is 1. The molecule has 11 heteroatoms. The van der Waals surface area contributed by atoms with Crippen LogP contribution in [0.2, 0.25) is 10.0 Å². The third-order valence-corrected chi connectivity index (χ3v) is 9.77. The molecule has 2 heterocycles.